The molecular formula is C57H76O37. The van der Waals surface area contributed by atoms with E-state index in [1.54, 1.807) is 0 Å². The summed E-state index contributed by atoms with van der Waals surface area (Å²) in [6.07, 6.45) is -45.0. The van der Waals surface area contributed by atoms with Gasteiger partial charge in [0.1, 0.15) is 50.3 Å². The fourth-order valence-electron chi connectivity index (χ4n) is 10.6. The molecule has 2 N–H and O–H groups in total. The molecule has 0 radical (unpaired) electrons. The number of carboxylic acid groups (broad SMARTS) is 1. The van der Waals surface area contributed by atoms with Crippen LogP contribution in [0.3, 0.4) is 0 Å². The van der Waals surface area contributed by atoms with Crippen LogP contribution in [0.15, 0.2) is 0 Å². The third-order valence-electron chi connectivity index (χ3n) is 13.8. The smallest absolute Gasteiger partial charge is 0.335 e. The maximum atomic E-state index is 13.5. The van der Waals surface area contributed by atoms with Crippen LogP contribution in [-0.4, -0.2) is 261 Å². The molecule has 0 saturated carbocycles. The topological polar surface area (TPSA) is 465 Å². The third kappa shape index (κ3) is 21.1. The summed E-state index contributed by atoms with van der Waals surface area (Å²) in [5, 5.41) is 23.0. The van der Waals surface area contributed by atoms with Crippen LogP contribution in [-0.2, 0) is 167 Å². The average Bonchev–Trinajstić information content (AvgIpc) is 0.764. The minimum atomic E-state index is -2.57. The number of carboxylic acids is 1. The van der Waals surface area contributed by atoms with E-state index >= 15 is 0 Å². The van der Waals surface area contributed by atoms with Crippen LogP contribution in [0.4, 0.5) is 0 Å². The van der Waals surface area contributed by atoms with Gasteiger partial charge in [-0.1, -0.05) is 5.92 Å². The first-order valence-corrected chi connectivity index (χ1v) is 28.9. The highest BCUT2D eigenvalue weighted by Crippen LogP contribution is 2.41. The summed E-state index contributed by atoms with van der Waals surface area (Å²) < 4.78 is 130. The van der Waals surface area contributed by atoms with Crippen molar-refractivity contribution in [2.45, 2.75) is 250 Å². The molecule has 5 heterocycles. The van der Waals surface area contributed by atoms with Gasteiger partial charge in [0.05, 0.1) is 12.2 Å². The lowest BCUT2D eigenvalue weighted by atomic mass is 9.94. The van der Waals surface area contributed by atoms with Crippen molar-refractivity contribution in [2.24, 2.45) is 0 Å². The number of carbonyl (C=O) groups excluding carboxylic acids is 12. The molecule has 37 heteroatoms. The molecule has 0 unspecified atom stereocenters. The van der Waals surface area contributed by atoms with E-state index in [0.29, 0.717) is 0 Å². The summed E-state index contributed by atoms with van der Waals surface area (Å²) >= 11 is 0. The SMILES string of the molecule is C#CCO[C@@H]1O[C@H](C(=O)O)[C@@H](O)[C@H](O[C@@H]2O[C@H](COC(C)=O)[C@H](OC(C)=O)[C@H](OC(C)=O)[C@H]2O[C@@H]2O[C@@H](C)[C@H](OC(C)=O)[C@@H](OC(C)=O)[C@H]2O[C@@H]2O[C@@H](C)[C@H](OC(C)=O)[C@@H](OC(C)=O)[C@H]2OC(C)=O)[C@H]1O[C@@H]1O[C@H](COC(C)=O)[C@H](OC(C)=O)[C@H](OC(C)=O)[C@H]1OC(C)=O. The Hall–Kier alpha value is -7.77. The van der Waals surface area contributed by atoms with Crippen LogP contribution in [0.1, 0.15) is 96.9 Å². The summed E-state index contributed by atoms with van der Waals surface area (Å²) in [4.78, 5) is 167. The Labute approximate surface area is 535 Å². The number of carbonyl (C=O) groups is 13. The highest BCUT2D eigenvalue weighted by molar-refractivity contribution is 5.74. The molecule has 5 saturated heterocycles. The van der Waals surface area contributed by atoms with Gasteiger partial charge < -0.3 is 114 Å². The molecule has 5 fully saturated rings. The molecule has 25 atom stereocenters. The summed E-state index contributed by atoms with van der Waals surface area (Å²) in [5.41, 5.74) is 0. The minimum Gasteiger partial charge on any atom is -0.479 e. The Kier molecular flexibility index (Phi) is 28.3. The van der Waals surface area contributed by atoms with Gasteiger partial charge in [-0.15, -0.1) is 6.42 Å². The number of hydrogen-bond donors (Lipinski definition) is 2. The zero-order valence-corrected chi connectivity index (χ0v) is 53.3. The summed E-state index contributed by atoms with van der Waals surface area (Å²) in [5.74, 6) is -12.3. The average molecular weight is 1350 g/mol. The maximum absolute atomic E-state index is 13.5. The van der Waals surface area contributed by atoms with Gasteiger partial charge in [0.15, 0.2) is 111 Å². The van der Waals surface area contributed by atoms with Crippen molar-refractivity contribution >= 4 is 77.6 Å². The van der Waals surface area contributed by atoms with Gasteiger partial charge in [-0.2, -0.15) is 0 Å². The van der Waals surface area contributed by atoms with E-state index in [1.807, 2.05) is 0 Å². The monoisotopic (exact) mass is 1350 g/mol. The van der Waals surface area contributed by atoms with Gasteiger partial charge in [0, 0.05) is 83.1 Å². The number of aliphatic carboxylic acids is 1. The highest BCUT2D eigenvalue weighted by atomic mass is 16.8. The Morgan fingerprint density at radius 2 is 0.606 bits per heavy atom. The summed E-state index contributed by atoms with van der Waals surface area (Å²) in [7, 11) is 0. The van der Waals surface area contributed by atoms with Crippen molar-refractivity contribution in [1.82, 2.24) is 0 Å². The molecule has 37 nitrogen and oxygen atoms in total. The van der Waals surface area contributed by atoms with Crippen LogP contribution < -0.4 is 0 Å². The van der Waals surface area contributed by atoms with Crippen molar-refractivity contribution in [2.75, 3.05) is 19.8 Å². The normalized spacial score (nSPS) is 35.4. The van der Waals surface area contributed by atoms with Gasteiger partial charge in [0.25, 0.3) is 0 Å². The van der Waals surface area contributed by atoms with E-state index in [2.05, 4.69) is 5.92 Å². The fraction of sp³-hybridized carbons (Fsp3) is 0.737. The molecule has 0 aliphatic carbocycles. The first-order valence-electron chi connectivity index (χ1n) is 28.9. The predicted octanol–water partition coefficient (Wildman–Crippen LogP) is -2.27. The van der Waals surface area contributed by atoms with Crippen molar-refractivity contribution in [3.63, 3.8) is 0 Å². The number of aliphatic hydroxyl groups is 1. The first-order chi connectivity index (χ1) is 44.0. The van der Waals surface area contributed by atoms with Crippen LogP contribution >= 0.6 is 0 Å². The van der Waals surface area contributed by atoms with Crippen LogP contribution in [0.2, 0.25) is 0 Å². The van der Waals surface area contributed by atoms with Crippen molar-refractivity contribution < 1.29 is 177 Å². The van der Waals surface area contributed by atoms with Gasteiger partial charge in [-0.05, 0) is 13.8 Å². The number of terminal acetylenes is 1. The molecule has 94 heavy (non-hydrogen) atoms. The second kappa shape index (κ2) is 34.6. The van der Waals surface area contributed by atoms with Crippen molar-refractivity contribution in [3.8, 4) is 12.3 Å². The van der Waals surface area contributed by atoms with Gasteiger partial charge >= 0.3 is 77.6 Å². The molecule has 0 bridgehead atoms. The molecule has 0 aromatic heterocycles. The Bertz CT molecular complexity index is 2800. The second-order valence-electron chi connectivity index (χ2n) is 21.5. The molecule has 526 valence electrons. The molecule has 5 rings (SSSR count). The lowest BCUT2D eigenvalue weighted by molar-refractivity contribution is -0.408. The van der Waals surface area contributed by atoms with Crippen molar-refractivity contribution in [3.05, 3.63) is 0 Å². The molecule has 0 aromatic rings. The van der Waals surface area contributed by atoms with Gasteiger partial charge in [0.2, 0.25) is 0 Å². The molecule has 0 amide bonds. The van der Waals surface area contributed by atoms with Crippen LogP contribution in [0.5, 0.6) is 0 Å². The highest BCUT2D eigenvalue weighted by Gasteiger charge is 2.62. The zero-order valence-electron chi connectivity index (χ0n) is 53.3. The molecule has 0 spiro atoms. The number of hydrogen-bond acceptors (Lipinski definition) is 36. The third-order valence-corrected chi connectivity index (χ3v) is 13.8. The second-order valence-corrected chi connectivity index (χ2v) is 21.5. The predicted molar refractivity (Wildman–Crippen MR) is 291 cm³/mol. The van der Waals surface area contributed by atoms with E-state index in [1.165, 1.54) is 13.8 Å². The molecular weight excluding hydrogens is 1280 g/mol. The number of rotatable bonds is 25. The zero-order chi connectivity index (χ0) is 70.3. The largest absolute Gasteiger partial charge is 0.479 e. The number of ether oxygens (including phenoxy) is 22. The van der Waals surface area contributed by atoms with E-state index in [4.69, 9.17) is 111 Å². The molecule has 5 aliphatic rings. The van der Waals surface area contributed by atoms with E-state index in [-0.39, 0.29) is 0 Å². The van der Waals surface area contributed by atoms with Gasteiger partial charge in [-0.3, -0.25) is 57.5 Å². The fourth-order valence-corrected chi connectivity index (χ4v) is 10.6. The Balaban J connectivity index is 1.83. The first kappa shape index (κ1) is 76.9. The molecule has 5 aliphatic heterocycles. The van der Waals surface area contributed by atoms with Crippen molar-refractivity contribution in [1.29, 1.82) is 0 Å². The summed E-state index contributed by atoms with van der Waals surface area (Å²) in [6, 6.07) is 0. The van der Waals surface area contributed by atoms with E-state index < -0.39 is 251 Å². The van der Waals surface area contributed by atoms with E-state index in [9.17, 15) is 72.5 Å². The van der Waals surface area contributed by atoms with Gasteiger partial charge in [-0.25, -0.2) is 4.79 Å². The standard InChI is InChI=1S/C57H76O37/c1-16-17-73-53-47(92-56-49(87-33(15)69)45(84-30(12)66)39(80-26(8)62)34(88-56)18-74-22(4)58)41(36(70)42(91-53)52(71)72)90-57-51(46(85-31(13)67)40(81-27(9)63)35(89-57)19-75-23(5)59)94-55-50(44(83-29(11)65)38(21(3)77-55)79-25(7)61)93-54-48(86-32(14)68)43(82-28(10)64)37(20(2)76-54)78-24(6)60/h1,20-21,34-51,53-57,70H,17-19H2,2-15H3,(H,71,72)/t20-,21-,34+,35+,36-,37-,38-,39-,40-,41-,42-,43+,44+,45-,46-,47+,48+,49+,50+,51+,53+,54-,55-,56-,57-/m0/s1. The quantitative estimate of drug-likeness (QED) is 0.0553. The number of aliphatic hydroxyl groups excluding tert-OH is 1. The van der Waals surface area contributed by atoms with E-state index in [0.717, 1.165) is 83.1 Å². The lowest BCUT2D eigenvalue weighted by Gasteiger charge is -2.51. The maximum Gasteiger partial charge on any atom is 0.335 e. The number of esters is 12. The molecule has 0 aromatic carbocycles. The lowest BCUT2D eigenvalue weighted by Crippen LogP contribution is -2.70. The minimum absolute atomic E-state index is 0.767. The van der Waals surface area contributed by atoms with Crippen LogP contribution in [0, 0.1) is 12.3 Å². The Morgan fingerprint density at radius 1 is 0.340 bits per heavy atom. The summed E-state index contributed by atoms with van der Waals surface area (Å²) in [6.45, 7) is 11.4. The van der Waals surface area contributed by atoms with Crippen LogP contribution in [0.25, 0.3) is 0 Å². The Morgan fingerprint density at radius 3 is 0.947 bits per heavy atom.